The molecule has 0 radical (unpaired) electrons. The number of nitrogens with zero attached hydrogens (tertiary/aromatic N) is 2. The first-order valence-electron chi connectivity index (χ1n) is 7.53. The van der Waals surface area contributed by atoms with E-state index in [9.17, 15) is 4.79 Å². The summed E-state index contributed by atoms with van der Waals surface area (Å²) >= 11 is 3.55. The molecule has 3 rings (SSSR count). The molecule has 1 aromatic rings. The molecule has 1 aliphatic carbocycles. The normalized spacial score (nSPS) is 26.8. The first kappa shape index (κ1) is 15.0. The van der Waals surface area contributed by atoms with Crippen LogP contribution in [0.25, 0.3) is 0 Å². The number of carboxylic acids is 1. The lowest BCUT2D eigenvalue weighted by Gasteiger charge is -2.42. The van der Waals surface area contributed by atoms with E-state index in [1.54, 1.807) is 0 Å². The van der Waals surface area contributed by atoms with Crippen LogP contribution in [0.5, 0.6) is 0 Å². The number of rotatable bonds is 3. The van der Waals surface area contributed by atoms with Gasteiger partial charge in [-0.3, -0.25) is 14.6 Å². The van der Waals surface area contributed by atoms with Gasteiger partial charge in [0.15, 0.2) is 0 Å². The number of halogens is 1. The minimum Gasteiger partial charge on any atom is -0.480 e. The lowest BCUT2D eigenvalue weighted by molar-refractivity contribution is -0.139. The summed E-state index contributed by atoms with van der Waals surface area (Å²) in [4.78, 5) is 15.5. The molecule has 2 atom stereocenters. The summed E-state index contributed by atoms with van der Waals surface area (Å²) in [5, 5.41) is 8.96. The Morgan fingerprint density at radius 3 is 2.95 bits per heavy atom. The molecule has 1 aromatic carbocycles. The topological polar surface area (TPSA) is 43.8 Å². The maximum Gasteiger partial charge on any atom is 0.317 e. The zero-order chi connectivity index (χ0) is 15.0. The van der Waals surface area contributed by atoms with Crippen molar-refractivity contribution in [3.8, 4) is 0 Å². The summed E-state index contributed by atoms with van der Waals surface area (Å²) in [6.45, 7) is 5.04. The molecular weight excluding hydrogens is 332 g/mol. The number of fused-ring (bicyclic) bond motifs is 1. The van der Waals surface area contributed by atoms with Crippen LogP contribution in [0, 0.1) is 0 Å². The van der Waals surface area contributed by atoms with Crippen molar-refractivity contribution in [2.75, 3.05) is 26.2 Å². The van der Waals surface area contributed by atoms with Crippen molar-refractivity contribution in [2.45, 2.75) is 31.8 Å². The van der Waals surface area contributed by atoms with Gasteiger partial charge in [0.1, 0.15) is 0 Å². The monoisotopic (exact) mass is 352 g/mol. The Balaban J connectivity index is 1.69. The van der Waals surface area contributed by atoms with Gasteiger partial charge in [0.05, 0.1) is 6.54 Å². The minimum absolute atomic E-state index is 0.156. The fourth-order valence-corrected chi connectivity index (χ4v) is 4.07. The van der Waals surface area contributed by atoms with E-state index in [0.717, 1.165) is 30.5 Å². The van der Waals surface area contributed by atoms with Crippen LogP contribution >= 0.6 is 15.9 Å². The van der Waals surface area contributed by atoms with Gasteiger partial charge in [0, 0.05) is 36.2 Å². The van der Waals surface area contributed by atoms with Gasteiger partial charge in [0.2, 0.25) is 0 Å². The number of aliphatic carboxylic acids is 1. The molecule has 21 heavy (non-hydrogen) atoms. The third-order valence-corrected chi connectivity index (χ3v) is 5.22. The molecule has 4 nitrogen and oxygen atoms in total. The van der Waals surface area contributed by atoms with E-state index in [1.165, 1.54) is 17.5 Å². The summed E-state index contributed by atoms with van der Waals surface area (Å²) in [6, 6.07) is 7.41. The van der Waals surface area contributed by atoms with Crippen molar-refractivity contribution in [1.29, 1.82) is 0 Å². The average Bonchev–Trinajstić information content (AvgIpc) is 2.83. The van der Waals surface area contributed by atoms with E-state index in [4.69, 9.17) is 5.11 Å². The molecule has 0 aromatic heterocycles. The van der Waals surface area contributed by atoms with Crippen LogP contribution in [-0.2, 0) is 11.2 Å². The van der Waals surface area contributed by atoms with Crippen LogP contribution in [0.4, 0.5) is 0 Å². The van der Waals surface area contributed by atoms with Gasteiger partial charge in [-0.2, -0.15) is 0 Å². The quantitative estimate of drug-likeness (QED) is 0.907. The smallest absolute Gasteiger partial charge is 0.317 e. The number of hydrogen-bond acceptors (Lipinski definition) is 3. The van der Waals surface area contributed by atoms with E-state index in [-0.39, 0.29) is 6.54 Å². The van der Waals surface area contributed by atoms with Crippen LogP contribution in [0.15, 0.2) is 22.7 Å². The van der Waals surface area contributed by atoms with Gasteiger partial charge in [-0.05, 0) is 43.0 Å². The number of carboxylic acid groups (broad SMARTS) is 1. The SMILES string of the molecule is CC1CN(C2CCc3cc(Br)ccc32)CCN1CC(=O)O. The van der Waals surface area contributed by atoms with E-state index >= 15 is 0 Å². The molecule has 1 heterocycles. The highest BCUT2D eigenvalue weighted by molar-refractivity contribution is 9.10. The Morgan fingerprint density at radius 2 is 2.24 bits per heavy atom. The molecular formula is C16H21BrN2O2. The van der Waals surface area contributed by atoms with E-state index in [2.05, 4.69) is 50.9 Å². The second-order valence-electron chi connectivity index (χ2n) is 6.11. The molecule has 0 bridgehead atoms. The first-order chi connectivity index (χ1) is 10.0. The van der Waals surface area contributed by atoms with Crippen LogP contribution in [0.3, 0.4) is 0 Å². The zero-order valence-corrected chi connectivity index (χ0v) is 13.8. The highest BCUT2D eigenvalue weighted by Crippen LogP contribution is 2.37. The van der Waals surface area contributed by atoms with Crippen LogP contribution in [0.2, 0.25) is 0 Å². The van der Waals surface area contributed by atoms with Crippen molar-refractivity contribution < 1.29 is 9.90 Å². The third kappa shape index (κ3) is 3.15. The largest absolute Gasteiger partial charge is 0.480 e. The maximum atomic E-state index is 10.9. The summed E-state index contributed by atoms with van der Waals surface area (Å²) < 4.78 is 1.15. The highest BCUT2D eigenvalue weighted by atomic mass is 79.9. The number of carbonyl (C=O) groups is 1. The lowest BCUT2D eigenvalue weighted by atomic mass is 10.0. The van der Waals surface area contributed by atoms with Crippen LogP contribution < -0.4 is 0 Å². The molecule has 0 saturated carbocycles. The van der Waals surface area contributed by atoms with Gasteiger partial charge >= 0.3 is 5.97 Å². The average molecular weight is 353 g/mol. The maximum absolute atomic E-state index is 10.9. The number of hydrogen-bond donors (Lipinski definition) is 1. The fraction of sp³-hybridized carbons (Fsp3) is 0.562. The molecule has 1 fully saturated rings. The highest BCUT2D eigenvalue weighted by Gasteiger charge is 2.33. The van der Waals surface area contributed by atoms with Crippen molar-refractivity contribution in [2.24, 2.45) is 0 Å². The van der Waals surface area contributed by atoms with Crippen molar-refractivity contribution in [3.63, 3.8) is 0 Å². The second kappa shape index (κ2) is 6.07. The Hall–Kier alpha value is -0.910. The van der Waals surface area contributed by atoms with Crippen molar-refractivity contribution in [1.82, 2.24) is 9.80 Å². The zero-order valence-electron chi connectivity index (χ0n) is 12.3. The molecule has 5 heteroatoms. The molecule has 114 valence electrons. The molecule has 0 spiro atoms. The van der Waals surface area contributed by atoms with E-state index < -0.39 is 5.97 Å². The molecule has 2 unspecified atom stereocenters. The van der Waals surface area contributed by atoms with Gasteiger partial charge < -0.3 is 5.11 Å². The molecule has 1 N–H and O–H groups in total. The number of piperazine rings is 1. The Bertz CT molecular complexity index is 549. The van der Waals surface area contributed by atoms with Gasteiger partial charge in [-0.15, -0.1) is 0 Å². The standard InChI is InChI=1S/C16H21BrN2O2/c1-11-9-19(7-6-18(11)10-16(20)21)15-5-2-12-8-13(17)3-4-14(12)15/h3-4,8,11,15H,2,5-7,9-10H2,1H3,(H,20,21). The Kier molecular flexibility index (Phi) is 4.33. The predicted molar refractivity (Wildman–Crippen MR) is 85.4 cm³/mol. The van der Waals surface area contributed by atoms with Crippen LogP contribution in [0.1, 0.15) is 30.5 Å². The fourth-order valence-electron chi connectivity index (χ4n) is 3.66. The first-order valence-corrected chi connectivity index (χ1v) is 8.32. The van der Waals surface area contributed by atoms with E-state index in [1.807, 2.05) is 0 Å². The van der Waals surface area contributed by atoms with Crippen molar-refractivity contribution >= 4 is 21.9 Å². The van der Waals surface area contributed by atoms with E-state index in [0.29, 0.717) is 12.1 Å². The number of benzene rings is 1. The summed E-state index contributed by atoms with van der Waals surface area (Å²) in [5.74, 6) is -0.730. The van der Waals surface area contributed by atoms with Crippen molar-refractivity contribution in [3.05, 3.63) is 33.8 Å². The molecule has 0 amide bonds. The minimum atomic E-state index is -0.730. The van der Waals surface area contributed by atoms with Crippen LogP contribution in [-0.4, -0.2) is 53.1 Å². The Labute approximate surface area is 133 Å². The summed E-state index contributed by atoms with van der Waals surface area (Å²) in [7, 11) is 0. The molecule has 1 saturated heterocycles. The van der Waals surface area contributed by atoms with Gasteiger partial charge in [0.25, 0.3) is 0 Å². The summed E-state index contributed by atoms with van der Waals surface area (Å²) in [5.41, 5.74) is 2.91. The predicted octanol–water partition coefficient (Wildman–Crippen LogP) is 2.53. The lowest BCUT2D eigenvalue weighted by Crippen LogP contribution is -2.53. The summed E-state index contributed by atoms with van der Waals surface area (Å²) in [6.07, 6.45) is 2.32. The number of aryl methyl sites for hydroxylation is 1. The molecule has 2 aliphatic rings. The third-order valence-electron chi connectivity index (χ3n) is 4.73. The Morgan fingerprint density at radius 1 is 1.43 bits per heavy atom. The van der Waals surface area contributed by atoms with Gasteiger partial charge in [-0.1, -0.05) is 22.0 Å². The molecule has 1 aliphatic heterocycles. The van der Waals surface area contributed by atoms with Gasteiger partial charge in [-0.25, -0.2) is 0 Å². The second-order valence-corrected chi connectivity index (χ2v) is 7.02.